The second-order valence-corrected chi connectivity index (χ2v) is 5.60. The van der Waals surface area contributed by atoms with Crippen molar-refractivity contribution in [2.45, 2.75) is 12.1 Å². The van der Waals surface area contributed by atoms with Gasteiger partial charge in [0, 0.05) is 18.0 Å². The molecule has 0 saturated carbocycles. The van der Waals surface area contributed by atoms with Crippen LogP contribution in [0.25, 0.3) is 16.6 Å². The van der Waals surface area contributed by atoms with E-state index in [1.165, 1.54) is 6.07 Å². The maximum absolute atomic E-state index is 13.5. The van der Waals surface area contributed by atoms with Gasteiger partial charge < -0.3 is 4.57 Å². The molecule has 1 aliphatic heterocycles. The van der Waals surface area contributed by atoms with Crippen LogP contribution >= 0.6 is 0 Å². The van der Waals surface area contributed by atoms with E-state index in [4.69, 9.17) is 0 Å². The number of aromatic nitrogens is 1. The smallest absolute Gasteiger partial charge is 0.160 e. The van der Waals surface area contributed by atoms with Crippen LogP contribution in [0.2, 0.25) is 0 Å². The summed E-state index contributed by atoms with van der Waals surface area (Å²) in [6.07, 6.45) is 1.81. The molecule has 1 saturated heterocycles. The largest absolute Gasteiger partial charge is 0.316 e. The average molecular weight is 325 g/mol. The minimum absolute atomic E-state index is 0.215. The normalized spacial score (nSPS) is 20.4. The van der Waals surface area contributed by atoms with E-state index < -0.39 is 17.7 Å². The Labute approximate surface area is 136 Å². The lowest BCUT2D eigenvalue weighted by Crippen LogP contribution is -2.32. The van der Waals surface area contributed by atoms with E-state index in [-0.39, 0.29) is 6.04 Å². The minimum Gasteiger partial charge on any atom is -0.316 e. The lowest BCUT2D eigenvalue weighted by atomic mass is 10.0. The van der Waals surface area contributed by atoms with Crippen molar-refractivity contribution >= 4 is 10.9 Å². The molecule has 4 rings (SSSR count). The summed E-state index contributed by atoms with van der Waals surface area (Å²) in [4.78, 5) is 0. The van der Waals surface area contributed by atoms with Gasteiger partial charge in [0.1, 0.15) is 6.04 Å². The summed E-state index contributed by atoms with van der Waals surface area (Å²) in [5.74, 6) is -1.76. The number of benzene rings is 2. The predicted molar refractivity (Wildman–Crippen MR) is 84.7 cm³/mol. The van der Waals surface area contributed by atoms with E-state index in [2.05, 4.69) is 22.5 Å². The molecule has 3 aromatic rings. The van der Waals surface area contributed by atoms with E-state index in [0.717, 1.165) is 28.6 Å². The van der Waals surface area contributed by atoms with Crippen molar-refractivity contribution in [2.75, 3.05) is 0 Å². The quantitative estimate of drug-likeness (QED) is 0.677. The fourth-order valence-electron chi connectivity index (χ4n) is 2.95. The van der Waals surface area contributed by atoms with Crippen LogP contribution in [0.5, 0.6) is 0 Å². The van der Waals surface area contributed by atoms with Crippen molar-refractivity contribution in [3.8, 4) is 11.8 Å². The van der Waals surface area contributed by atoms with Gasteiger partial charge in [-0.2, -0.15) is 10.8 Å². The molecule has 2 aromatic carbocycles. The number of nitriles is 1. The highest BCUT2D eigenvalue weighted by atomic mass is 19.2. The fourth-order valence-corrected chi connectivity index (χ4v) is 2.95. The molecule has 0 radical (unpaired) electrons. The first-order valence-electron chi connectivity index (χ1n) is 7.39. The molecule has 0 aliphatic carbocycles. The molecule has 3 N–H and O–H groups in total. The Hall–Kier alpha value is -2.79. The molecule has 2 unspecified atom stereocenters. The molecule has 0 bridgehead atoms. The molecular formula is C17H13F2N5. The zero-order valence-electron chi connectivity index (χ0n) is 12.4. The van der Waals surface area contributed by atoms with Crippen molar-refractivity contribution in [1.82, 2.24) is 21.0 Å². The van der Waals surface area contributed by atoms with Crippen LogP contribution in [-0.2, 0) is 0 Å². The summed E-state index contributed by atoms with van der Waals surface area (Å²) < 4.78 is 28.5. The van der Waals surface area contributed by atoms with Crippen molar-refractivity contribution in [3.05, 3.63) is 65.9 Å². The first-order chi connectivity index (χ1) is 11.7. The van der Waals surface area contributed by atoms with Crippen LogP contribution in [-0.4, -0.2) is 10.6 Å². The lowest BCUT2D eigenvalue weighted by Gasteiger charge is -2.13. The Morgan fingerprint density at radius 2 is 1.88 bits per heavy atom. The molecule has 0 amide bonds. The Morgan fingerprint density at radius 3 is 2.67 bits per heavy atom. The molecular weight excluding hydrogens is 312 g/mol. The number of halogens is 2. The summed E-state index contributed by atoms with van der Waals surface area (Å²) in [7, 11) is 0. The molecule has 24 heavy (non-hydrogen) atoms. The summed E-state index contributed by atoms with van der Waals surface area (Å²) >= 11 is 0. The Bertz CT molecular complexity index is 959. The molecule has 1 aromatic heterocycles. The van der Waals surface area contributed by atoms with Crippen LogP contribution in [0, 0.1) is 23.0 Å². The second-order valence-electron chi connectivity index (χ2n) is 5.60. The number of nitrogens with zero attached hydrogens (tertiary/aromatic N) is 2. The number of hydrogen-bond donors (Lipinski definition) is 3. The van der Waals surface area contributed by atoms with Crippen LogP contribution in [0.4, 0.5) is 8.78 Å². The Morgan fingerprint density at radius 1 is 1.00 bits per heavy atom. The van der Waals surface area contributed by atoms with E-state index in [1.807, 2.05) is 30.5 Å². The van der Waals surface area contributed by atoms with Gasteiger partial charge in [-0.3, -0.25) is 0 Å². The topological polar surface area (TPSA) is 64.8 Å². The van der Waals surface area contributed by atoms with Crippen LogP contribution < -0.4 is 16.4 Å². The van der Waals surface area contributed by atoms with E-state index in [1.54, 1.807) is 4.57 Å². The fraction of sp³-hybridized carbons (Fsp3) is 0.118. The lowest BCUT2D eigenvalue weighted by molar-refractivity contribution is 0.508. The van der Waals surface area contributed by atoms with Gasteiger partial charge in [0.25, 0.3) is 0 Å². The predicted octanol–water partition coefficient (Wildman–Crippen LogP) is 2.45. The third kappa shape index (κ3) is 2.34. The molecule has 120 valence electrons. The maximum Gasteiger partial charge on any atom is 0.160 e. The molecule has 2 heterocycles. The second kappa shape index (κ2) is 5.69. The Kier molecular flexibility index (Phi) is 3.50. The Balaban J connectivity index is 1.82. The highest BCUT2D eigenvalue weighted by Crippen LogP contribution is 2.27. The molecule has 5 nitrogen and oxygen atoms in total. The van der Waals surface area contributed by atoms with Gasteiger partial charge in [0.2, 0.25) is 0 Å². The minimum atomic E-state index is -0.888. The maximum atomic E-state index is 13.5. The van der Waals surface area contributed by atoms with Crippen molar-refractivity contribution in [2.24, 2.45) is 0 Å². The van der Waals surface area contributed by atoms with Gasteiger partial charge in [-0.15, -0.1) is 0 Å². The number of fused-ring (bicyclic) bond motifs is 1. The van der Waals surface area contributed by atoms with Gasteiger partial charge in [-0.05, 0) is 35.2 Å². The molecule has 0 spiro atoms. The number of nitrogens with one attached hydrogen (secondary N) is 3. The highest BCUT2D eigenvalue weighted by Gasteiger charge is 2.28. The molecule has 1 fully saturated rings. The molecule has 2 atom stereocenters. The first kappa shape index (κ1) is 14.8. The van der Waals surface area contributed by atoms with Crippen molar-refractivity contribution in [1.29, 1.82) is 5.26 Å². The van der Waals surface area contributed by atoms with E-state index in [0.29, 0.717) is 5.69 Å². The summed E-state index contributed by atoms with van der Waals surface area (Å²) in [5, 5.41) is 10.2. The SMILES string of the molecule is N#CC1NNNC1c1ccc2ccn(-c3ccc(F)c(F)c3)c2c1. The zero-order chi connectivity index (χ0) is 16.7. The van der Waals surface area contributed by atoms with Crippen LogP contribution in [0.1, 0.15) is 11.6 Å². The van der Waals surface area contributed by atoms with E-state index >= 15 is 0 Å². The third-order valence-electron chi connectivity index (χ3n) is 4.19. The molecule has 7 heteroatoms. The van der Waals surface area contributed by atoms with Crippen LogP contribution in [0.3, 0.4) is 0 Å². The third-order valence-corrected chi connectivity index (χ3v) is 4.19. The zero-order valence-corrected chi connectivity index (χ0v) is 12.4. The van der Waals surface area contributed by atoms with Gasteiger partial charge in [0.15, 0.2) is 11.6 Å². The highest BCUT2D eigenvalue weighted by molar-refractivity contribution is 5.82. The van der Waals surface area contributed by atoms with Crippen molar-refractivity contribution < 1.29 is 8.78 Å². The monoisotopic (exact) mass is 325 g/mol. The molecule has 1 aliphatic rings. The summed E-state index contributed by atoms with van der Waals surface area (Å²) in [6, 6.07) is 13.1. The van der Waals surface area contributed by atoms with Gasteiger partial charge >= 0.3 is 0 Å². The van der Waals surface area contributed by atoms with Gasteiger partial charge in [-0.1, -0.05) is 12.1 Å². The number of hydrogen-bond acceptors (Lipinski definition) is 4. The van der Waals surface area contributed by atoms with E-state index in [9.17, 15) is 14.0 Å². The van der Waals surface area contributed by atoms with Gasteiger partial charge in [-0.25, -0.2) is 19.6 Å². The number of rotatable bonds is 2. The summed E-state index contributed by atoms with van der Waals surface area (Å²) in [6.45, 7) is 0. The van der Waals surface area contributed by atoms with Crippen LogP contribution in [0.15, 0.2) is 48.7 Å². The van der Waals surface area contributed by atoms with Crippen molar-refractivity contribution in [3.63, 3.8) is 0 Å². The summed E-state index contributed by atoms with van der Waals surface area (Å²) in [5.41, 5.74) is 10.9. The number of hydrazine groups is 2. The standard InChI is InChI=1S/C17H13F2N5/c18-13-4-3-12(8-14(13)19)24-6-5-10-1-2-11(7-16(10)24)17-15(9-20)21-23-22-17/h1-8,15,17,21-23H. The van der Waals surface area contributed by atoms with Gasteiger partial charge in [0.05, 0.1) is 17.6 Å². The first-order valence-corrected chi connectivity index (χ1v) is 7.39. The average Bonchev–Trinajstić information content (AvgIpc) is 3.23.